The van der Waals surface area contributed by atoms with Gasteiger partial charge in [-0.2, -0.15) is 0 Å². The molecular formula is C32H37N5O4. The number of anilines is 1. The molecule has 214 valence electrons. The van der Waals surface area contributed by atoms with Crippen molar-refractivity contribution < 1.29 is 14.3 Å². The highest BCUT2D eigenvalue weighted by Gasteiger charge is 2.27. The Kier molecular flexibility index (Phi) is 9.19. The van der Waals surface area contributed by atoms with E-state index in [4.69, 9.17) is 9.72 Å². The summed E-state index contributed by atoms with van der Waals surface area (Å²) >= 11 is 0. The van der Waals surface area contributed by atoms with E-state index in [1.807, 2.05) is 76.2 Å². The number of benzene rings is 3. The van der Waals surface area contributed by atoms with Gasteiger partial charge in [-0.15, -0.1) is 0 Å². The highest BCUT2D eigenvalue weighted by Crippen LogP contribution is 2.25. The molecule has 1 atom stereocenters. The summed E-state index contributed by atoms with van der Waals surface area (Å²) in [4.78, 5) is 48.3. The number of aromatic nitrogens is 2. The number of rotatable bonds is 9. The van der Waals surface area contributed by atoms with Crippen LogP contribution in [0.1, 0.15) is 47.2 Å². The molecule has 0 aliphatic carbocycles. The monoisotopic (exact) mass is 555 g/mol. The smallest absolute Gasteiger partial charge is 0.338 e. The maximum atomic E-state index is 13.9. The molecule has 1 aromatic heterocycles. The van der Waals surface area contributed by atoms with Gasteiger partial charge in [0, 0.05) is 18.8 Å². The molecule has 0 spiro atoms. The molecule has 3 aromatic carbocycles. The third kappa shape index (κ3) is 6.63. The number of urea groups is 1. The Hall–Kier alpha value is -4.50. The fraction of sp³-hybridized carbons (Fsp3) is 0.312. The Morgan fingerprint density at radius 1 is 0.976 bits per heavy atom. The Labute approximate surface area is 240 Å². The highest BCUT2D eigenvalue weighted by atomic mass is 16.5. The van der Waals surface area contributed by atoms with Gasteiger partial charge in [0.1, 0.15) is 5.82 Å². The van der Waals surface area contributed by atoms with Gasteiger partial charge in [0.05, 0.1) is 34.8 Å². The first kappa shape index (κ1) is 29.5. The van der Waals surface area contributed by atoms with Crippen LogP contribution >= 0.6 is 0 Å². The molecule has 0 fully saturated rings. The summed E-state index contributed by atoms with van der Waals surface area (Å²) in [7, 11) is 3.88. The molecule has 0 aliphatic rings. The molecule has 1 unspecified atom stereocenters. The molecule has 9 heteroatoms. The fourth-order valence-electron chi connectivity index (χ4n) is 4.56. The van der Waals surface area contributed by atoms with Crippen molar-refractivity contribution in [1.29, 1.82) is 0 Å². The molecule has 4 rings (SSSR count). The zero-order valence-electron chi connectivity index (χ0n) is 24.5. The average Bonchev–Trinajstić information content (AvgIpc) is 2.95. The highest BCUT2D eigenvalue weighted by molar-refractivity contribution is 5.92. The van der Waals surface area contributed by atoms with Crippen LogP contribution < -0.4 is 10.9 Å². The molecule has 0 saturated carbocycles. The maximum absolute atomic E-state index is 13.9. The van der Waals surface area contributed by atoms with Gasteiger partial charge in [0.25, 0.3) is 5.56 Å². The molecule has 0 bridgehead atoms. The summed E-state index contributed by atoms with van der Waals surface area (Å²) in [6, 6.07) is 18.8. The van der Waals surface area contributed by atoms with Crippen LogP contribution in [0.2, 0.25) is 0 Å². The second kappa shape index (κ2) is 12.8. The van der Waals surface area contributed by atoms with Crippen LogP contribution in [0.5, 0.6) is 0 Å². The van der Waals surface area contributed by atoms with E-state index in [2.05, 4.69) is 5.32 Å². The first-order valence-corrected chi connectivity index (χ1v) is 13.7. The van der Waals surface area contributed by atoms with E-state index in [1.165, 1.54) is 0 Å². The van der Waals surface area contributed by atoms with Gasteiger partial charge in [-0.05, 0) is 101 Å². The van der Waals surface area contributed by atoms with Crippen molar-refractivity contribution in [3.05, 3.63) is 99.6 Å². The quantitative estimate of drug-likeness (QED) is 0.280. The minimum Gasteiger partial charge on any atom is -0.462 e. The van der Waals surface area contributed by atoms with Crippen molar-refractivity contribution >= 4 is 28.6 Å². The minimum absolute atomic E-state index is 0.191. The van der Waals surface area contributed by atoms with Crippen LogP contribution in [0.15, 0.2) is 71.5 Å². The van der Waals surface area contributed by atoms with Crippen LogP contribution in [0.25, 0.3) is 16.6 Å². The molecular weight excluding hydrogens is 518 g/mol. The van der Waals surface area contributed by atoms with Crippen molar-refractivity contribution in [1.82, 2.24) is 19.4 Å². The van der Waals surface area contributed by atoms with E-state index in [9.17, 15) is 14.4 Å². The molecule has 0 radical (unpaired) electrons. The van der Waals surface area contributed by atoms with E-state index < -0.39 is 12.0 Å². The number of aryl methyl sites for hydroxylation is 2. The Bertz CT molecular complexity index is 1610. The largest absolute Gasteiger partial charge is 0.462 e. The topological polar surface area (TPSA) is 96.8 Å². The number of carbonyl (C=O) groups excluding carboxylic acids is 2. The van der Waals surface area contributed by atoms with Crippen molar-refractivity contribution in [2.24, 2.45) is 0 Å². The Balaban J connectivity index is 1.76. The molecule has 1 N–H and O–H groups in total. The first-order valence-electron chi connectivity index (χ1n) is 13.7. The number of likely N-dealkylation sites (N-methyl/N-ethyl adjacent to an activating group) is 1. The number of para-hydroxylation sites is 1. The number of fused-ring (bicyclic) bond motifs is 1. The summed E-state index contributed by atoms with van der Waals surface area (Å²) in [5, 5.41) is 3.45. The molecule has 2 amide bonds. The number of esters is 1. The molecule has 0 saturated heterocycles. The lowest BCUT2D eigenvalue weighted by Crippen LogP contribution is -2.43. The van der Waals surface area contributed by atoms with Crippen molar-refractivity contribution in [3.63, 3.8) is 0 Å². The predicted molar refractivity (Wildman–Crippen MR) is 162 cm³/mol. The average molecular weight is 556 g/mol. The lowest BCUT2D eigenvalue weighted by atomic mass is 10.1. The van der Waals surface area contributed by atoms with Gasteiger partial charge < -0.3 is 19.9 Å². The third-order valence-electron chi connectivity index (χ3n) is 7.09. The van der Waals surface area contributed by atoms with E-state index in [1.54, 1.807) is 46.7 Å². The first-order chi connectivity index (χ1) is 19.6. The molecule has 0 aliphatic heterocycles. The fourth-order valence-corrected chi connectivity index (χ4v) is 4.56. The number of carbonyl (C=O) groups is 2. The number of nitrogens with one attached hydrogen (secondary N) is 1. The van der Waals surface area contributed by atoms with Crippen LogP contribution in [0.4, 0.5) is 10.5 Å². The summed E-state index contributed by atoms with van der Waals surface area (Å²) in [6.07, 6.45) is 0. The molecule has 41 heavy (non-hydrogen) atoms. The van der Waals surface area contributed by atoms with Crippen LogP contribution in [-0.2, 0) is 4.74 Å². The van der Waals surface area contributed by atoms with Crippen LogP contribution in [-0.4, -0.2) is 65.1 Å². The normalized spacial score (nSPS) is 11.9. The van der Waals surface area contributed by atoms with Gasteiger partial charge in [-0.1, -0.05) is 18.2 Å². The second-order valence-corrected chi connectivity index (χ2v) is 10.3. The van der Waals surface area contributed by atoms with Gasteiger partial charge in [0.15, 0.2) is 0 Å². The number of hydrogen-bond acceptors (Lipinski definition) is 6. The van der Waals surface area contributed by atoms with E-state index >= 15 is 0 Å². The number of amides is 2. The van der Waals surface area contributed by atoms with Crippen LogP contribution in [0.3, 0.4) is 0 Å². The molecule has 9 nitrogen and oxygen atoms in total. The van der Waals surface area contributed by atoms with E-state index in [-0.39, 0.29) is 18.2 Å². The summed E-state index contributed by atoms with van der Waals surface area (Å²) < 4.78 is 6.66. The predicted octanol–water partition coefficient (Wildman–Crippen LogP) is 5.34. The Morgan fingerprint density at radius 2 is 1.68 bits per heavy atom. The SMILES string of the molecule is CCOC(=O)c1ccc(NC(=O)N(CCN(C)C)C(C)c2nc3ccccc3c(=O)n2-c2ccc(C)c(C)c2)cc1. The van der Waals surface area contributed by atoms with Crippen molar-refractivity contribution in [3.8, 4) is 5.69 Å². The van der Waals surface area contributed by atoms with Gasteiger partial charge in [-0.25, -0.2) is 14.6 Å². The molecule has 1 heterocycles. The third-order valence-corrected chi connectivity index (χ3v) is 7.09. The second-order valence-electron chi connectivity index (χ2n) is 10.3. The zero-order chi connectivity index (χ0) is 29.7. The van der Waals surface area contributed by atoms with Gasteiger partial charge in [0.2, 0.25) is 0 Å². The van der Waals surface area contributed by atoms with Crippen molar-refractivity contribution in [2.45, 2.75) is 33.7 Å². The summed E-state index contributed by atoms with van der Waals surface area (Å²) in [5.74, 6) is 0.0434. The maximum Gasteiger partial charge on any atom is 0.338 e. The van der Waals surface area contributed by atoms with Crippen molar-refractivity contribution in [2.75, 3.05) is 39.1 Å². The number of nitrogens with zero attached hydrogens (tertiary/aromatic N) is 4. The van der Waals surface area contributed by atoms with Gasteiger partial charge in [-0.3, -0.25) is 9.36 Å². The minimum atomic E-state index is -0.562. The van der Waals surface area contributed by atoms with Gasteiger partial charge >= 0.3 is 12.0 Å². The Morgan fingerprint density at radius 3 is 2.34 bits per heavy atom. The van der Waals surface area contributed by atoms with E-state index in [0.29, 0.717) is 46.8 Å². The van der Waals surface area contributed by atoms with Crippen LogP contribution in [0, 0.1) is 13.8 Å². The number of hydrogen-bond donors (Lipinski definition) is 1. The standard InChI is InChI=1S/C32H37N5O4/c1-7-41-31(39)24-13-15-25(16-14-24)33-32(40)36(19-18-35(5)6)23(4)29-34-28-11-9-8-10-27(28)30(38)37(29)26-17-12-21(2)22(3)20-26/h8-17,20,23H,7,18-19H2,1-6H3,(H,33,40). The molecule has 4 aromatic rings. The summed E-state index contributed by atoms with van der Waals surface area (Å²) in [6.45, 7) is 8.93. The lowest BCUT2D eigenvalue weighted by molar-refractivity contribution is 0.0526. The number of ether oxygens (including phenoxy) is 1. The lowest BCUT2D eigenvalue weighted by Gasteiger charge is -2.31. The summed E-state index contributed by atoms with van der Waals surface area (Å²) in [5.41, 5.74) is 4.18. The zero-order valence-corrected chi connectivity index (χ0v) is 24.5. The van der Waals surface area contributed by atoms with E-state index in [0.717, 1.165) is 11.1 Å².